The van der Waals surface area contributed by atoms with E-state index in [1.807, 2.05) is 29.8 Å². The fourth-order valence-corrected chi connectivity index (χ4v) is 2.94. The van der Waals surface area contributed by atoms with Crippen LogP contribution in [0.4, 0.5) is 4.79 Å². The Morgan fingerprint density at radius 1 is 1.28 bits per heavy atom. The Labute approximate surface area is 146 Å². The van der Waals surface area contributed by atoms with Crippen LogP contribution in [-0.2, 0) is 11.3 Å². The molecule has 2 aromatic heterocycles. The Kier molecular flexibility index (Phi) is 4.97. The molecule has 0 unspecified atom stereocenters. The average molecular weight is 342 g/mol. The summed E-state index contributed by atoms with van der Waals surface area (Å²) in [6, 6.07) is 3.70. The predicted molar refractivity (Wildman–Crippen MR) is 91.8 cm³/mol. The molecule has 3 N–H and O–H groups in total. The van der Waals surface area contributed by atoms with Crippen molar-refractivity contribution in [2.75, 3.05) is 13.1 Å². The first kappa shape index (κ1) is 16.9. The summed E-state index contributed by atoms with van der Waals surface area (Å²) >= 11 is 0. The van der Waals surface area contributed by atoms with Crippen LogP contribution < -0.4 is 11.1 Å². The van der Waals surface area contributed by atoms with Crippen LogP contribution in [0.25, 0.3) is 5.82 Å². The van der Waals surface area contributed by atoms with E-state index in [9.17, 15) is 9.59 Å². The maximum Gasteiger partial charge on any atom is 0.317 e. The minimum absolute atomic E-state index is 0.118. The highest BCUT2D eigenvalue weighted by Gasteiger charge is 2.25. The van der Waals surface area contributed by atoms with Crippen LogP contribution in [0.15, 0.2) is 30.7 Å². The number of rotatable bonds is 4. The Morgan fingerprint density at radius 2 is 2.04 bits per heavy atom. The third-order valence-corrected chi connectivity index (χ3v) is 4.51. The molecule has 8 nitrogen and oxygen atoms in total. The summed E-state index contributed by atoms with van der Waals surface area (Å²) in [5.41, 5.74) is 6.23. The zero-order valence-electron chi connectivity index (χ0n) is 14.2. The van der Waals surface area contributed by atoms with Crippen LogP contribution in [0.2, 0.25) is 0 Å². The maximum absolute atomic E-state index is 12.2. The molecule has 0 aliphatic carbocycles. The molecule has 0 spiro atoms. The van der Waals surface area contributed by atoms with Gasteiger partial charge >= 0.3 is 6.03 Å². The molecule has 1 fully saturated rings. The second-order valence-electron chi connectivity index (χ2n) is 6.19. The SMILES string of the molecule is Cc1nccn1-c1ccc(CNC(=O)N2CCC(C(N)=O)CC2)cn1. The van der Waals surface area contributed by atoms with Crippen molar-refractivity contribution in [2.24, 2.45) is 11.7 Å². The van der Waals surface area contributed by atoms with Gasteiger partial charge in [-0.2, -0.15) is 0 Å². The van der Waals surface area contributed by atoms with Gasteiger partial charge in [0.15, 0.2) is 0 Å². The van der Waals surface area contributed by atoms with Gasteiger partial charge in [-0.15, -0.1) is 0 Å². The molecule has 8 heteroatoms. The van der Waals surface area contributed by atoms with Gasteiger partial charge < -0.3 is 16.0 Å². The number of carbonyl (C=O) groups excluding carboxylic acids is 2. The summed E-state index contributed by atoms with van der Waals surface area (Å²) in [6.07, 6.45) is 6.59. The zero-order valence-corrected chi connectivity index (χ0v) is 14.2. The number of likely N-dealkylation sites (tertiary alicyclic amines) is 1. The molecular formula is C17H22N6O2. The number of urea groups is 1. The number of pyridine rings is 1. The van der Waals surface area contributed by atoms with E-state index >= 15 is 0 Å². The first-order valence-electron chi connectivity index (χ1n) is 8.32. The van der Waals surface area contributed by atoms with Gasteiger partial charge in [0.05, 0.1) is 0 Å². The number of amides is 3. The van der Waals surface area contributed by atoms with Crippen LogP contribution >= 0.6 is 0 Å². The average Bonchev–Trinajstić information content (AvgIpc) is 3.06. The molecule has 25 heavy (non-hydrogen) atoms. The standard InChI is InChI=1S/C17H22N6O2/c1-12-19-6-9-23(12)15-3-2-13(10-20-15)11-21-17(25)22-7-4-14(5-8-22)16(18)24/h2-3,6,9-10,14H,4-5,7-8,11H2,1H3,(H2,18,24)(H,21,25). The van der Waals surface area contributed by atoms with E-state index in [2.05, 4.69) is 15.3 Å². The van der Waals surface area contributed by atoms with Gasteiger partial charge in [0.1, 0.15) is 11.6 Å². The van der Waals surface area contributed by atoms with Gasteiger partial charge in [-0.05, 0) is 31.4 Å². The molecule has 3 amide bonds. The van der Waals surface area contributed by atoms with Gasteiger partial charge in [0.2, 0.25) is 5.91 Å². The van der Waals surface area contributed by atoms with Crippen molar-refractivity contribution in [3.05, 3.63) is 42.1 Å². The second kappa shape index (κ2) is 7.33. The number of hydrogen-bond acceptors (Lipinski definition) is 4. The van der Waals surface area contributed by atoms with E-state index in [0.29, 0.717) is 32.5 Å². The lowest BCUT2D eigenvalue weighted by molar-refractivity contribution is -0.123. The second-order valence-corrected chi connectivity index (χ2v) is 6.19. The van der Waals surface area contributed by atoms with Gasteiger partial charge in [0, 0.05) is 44.1 Å². The lowest BCUT2D eigenvalue weighted by atomic mass is 9.96. The minimum atomic E-state index is -0.278. The summed E-state index contributed by atoms with van der Waals surface area (Å²) < 4.78 is 1.89. The first-order chi connectivity index (χ1) is 12.0. The summed E-state index contributed by atoms with van der Waals surface area (Å²) in [5.74, 6) is 1.26. The Morgan fingerprint density at radius 3 is 2.60 bits per heavy atom. The van der Waals surface area contributed by atoms with Gasteiger partial charge in [-0.3, -0.25) is 9.36 Å². The molecule has 0 atom stereocenters. The highest BCUT2D eigenvalue weighted by molar-refractivity contribution is 5.78. The van der Waals surface area contributed by atoms with E-state index in [1.165, 1.54) is 0 Å². The number of aryl methyl sites for hydroxylation is 1. The lowest BCUT2D eigenvalue weighted by Gasteiger charge is -2.30. The number of imidazole rings is 1. The molecule has 0 radical (unpaired) electrons. The van der Waals surface area contributed by atoms with E-state index in [1.54, 1.807) is 17.3 Å². The number of nitrogens with two attached hydrogens (primary N) is 1. The van der Waals surface area contributed by atoms with Crippen LogP contribution in [0.3, 0.4) is 0 Å². The highest BCUT2D eigenvalue weighted by atomic mass is 16.2. The monoisotopic (exact) mass is 342 g/mol. The lowest BCUT2D eigenvalue weighted by Crippen LogP contribution is -2.46. The Bertz CT molecular complexity index is 747. The van der Waals surface area contributed by atoms with Crippen molar-refractivity contribution in [3.8, 4) is 5.82 Å². The normalized spacial score (nSPS) is 15.2. The molecule has 3 rings (SSSR count). The fourth-order valence-electron chi connectivity index (χ4n) is 2.94. The van der Waals surface area contributed by atoms with E-state index in [-0.39, 0.29) is 17.9 Å². The number of nitrogens with zero attached hydrogens (tertiary/aromatic N) is 4. The third-order valence-electron chi connectivity index (χ3n) is 4.51. The van der Waals surface area contributed by atoms with Crippen molar-refractivity contribution >= 4 is 11.9 Å². The van der Waals surface area contributed by atoms with Crippen LogP contribution in [0.1, 0.15) is 24.2 Å². The molecular weight excluding hydrogens is 320 g/mol. The third kappa shape index (κ3) is 3.96. The van der Waals surface area contributed by atoms with Crippen molar-refractivity contribution in [2.45, 2.75) is 26.3 Å². The van der Waals surface area contributed by atoms with E-state index in [4.69, 9.17) is 5.73 Å². The molecule has 2 aromatic rings. The maximum atomic E-state index is 12.2. The highest BCUT2D eigenvalue weighted by Crippen LogP contribution is 2.16. The van der Waals surface area contributed by atoms with Crippen molar-refractivity contribution in [1.29, 1.82) is 0 Å². The molecule has 0 bridgehead atoms. The summed E-state index contributed by atoms with van der Waals surface area (Å²) in [7, 11) is 0. The predicted octanol–water partition coefficient (Wildman–Crippen LogP) is 0.983. The molecule has 1 saturated heterocycles. The number of carbonyl (C=O) groups is 2. The van der Waals surface area contributed by atoms with E-state index < -0.39 is 0 Å². The summed E-state index contributed by atoms with van der Waals surface area (Å²) in [4.78, 5) is 33.7. The summed E-state index contributed by atoms with van der Waals surface area (Å²) in [5, 5.41) is 2.89. The minimum Gasteiger partial charge on any atom is -0.369 e. The molecule has 1 aliphatic heterocycles. The quantitative estimate of drug-likeness (QED) is 0.864. The molecule has 132 valence electrons. The molecule has 0 aromatic carbocycles. The molecule has 3 heterocycles. The van der Waals surface area contributed by atoms with Crippen LogP contribution in [-0.4, -0.2) is 44.5 Å². The fraction of sp³-hybridized carbons (Fsp3) is 0.412. The van der Waals surface area contributed by atoms with Gasteiger partial charge in [0.25, 0.3) is 0 Å². The molecule has 1 aliphatic rings. The largest absolute Gasteiger partial charge is 0.369 e. The van der Waals surface area contributed by atoms with Crippen molar-refractivity contribution in [3.63, 3.8) is 0 Å². The number of aromatic nitrogens is 3. The number of piperidine rings is 1. The van der Waals surface area contributed by atoms with Crippen molar-refractivity contribution in [1.82, 2.24) is 24.8 Å². The molecule has 0 saturated carbocycles. The topological polar surface area (TPSA) is 106 Å². The number of hydrogen-bond donors (Lipinski definition) is 2. The van der Waals surface area contributed by atoms with Crippen molar-refractivity contribution < 1.29 is 9.59 Å². The number of nitrogens with one attached hydrogen (secondary N) is 1. The summed E-state index contributed by atoms with van der Waals surface area (Å²) in [6.45, 7) is 3.43. The number of primary amides is 1. The van der Waals surface area contributed by atoms with Crippen LogP contribution in [0.5, 0.6) is 0 Å². The van der Waals surface area contributed by atoms with Crippen LogP contribution in [0, 0.1) is 12.8 Å². The first-order valence-corrected chi connectivity index (χ1v) is 8.32. The zero-order chi connectivity index (χ0) is 17.8. The van der Waals surface area contributed by atoms with Gasteiger partial charge in [-0.25, -0.2) is 14.8 Å². The Balaban J connectivity index is 1.51. The van der Waals surface area contributed by atoms with Gasteiger partial charge in [-0.1, -0.05) is 6.07 Å². The smallest absolute Gasteiger partial charge is 0.317 e. The van der Waals surface area contributed by atoms with E-state index in [0.717, 1.165) is 17.2 Å². The Hall–Kier alpha value is -2.90.